The highest BCUT2D eigenvalue weighted by Crippen LogP contribution is 2.22. The van der Waals surface area contributed by atoms with Crippen LogP contribution in [-0.4, -0.2) is 55.8 Å². The maximum absolute atomic E-state index is 12.3. The van der Waals surface area contributed by atoms with E-state index in [0.717, 1.165) is 31.9 Å². The molecule has 3 rings (SSSR count). The normalized spacial score (nSPS) is 23.5. The molecule has 0 saturated carbocycles. The van der Waals surface area contributed by atoms with Gasteiger partial charge in [0.05, 0.1) is 19.3 Å². The number of nitrogens with one attached hydrogen (secondary N) is 1. The molecule has 1 amide bonds. The number of carbonyl (C=O) groups excluding carboxylic acids is 1. The summed E-state index contributed by atoms with van der Waals surface area (Å²) in [7, 11) is 0. The fourth-order valence-electron chi connectivity index (χ4n) is 3.43. The first kappa shape index (κ1) is 18.2. The molecule has 138 valence electrons. The van der Waals surface area contributed by atoms with Crippen LogP contribution in [0, 0.1) is 5.92 Å². The van der Waals surface area contributed by atoms with Crippen molar-refractivity contribution in [3.8, 4) is 5.75 Å². The third-order valence-corrected chi connectivity index (χ3v) is 5.03. The zero-order valence-corrected chi connectivity index (χ0v) is 15.4. The van der Waals surface area contributed by atoms with E-state index in [0.29, 0.717) is 30.7 Å². The highest BCUT2D eigenvalue weighted by molar-refractivity contribution is 5.94. The van der Waals surface area contributed by atoms with Crippen LogP contribution in [0.5, 0.6) is 5.75 Å². The summed E-state index contributed by atoms with van der Waals surface area (Å²) in [5, 5.41) is 2.99. The molecule has 5 heteroatoms. The van der Waals surface area contributed by atoms with E-state index in [-0.39, 0.29) is 12.0 Å². The number of hydrogen-bond acceptors (Lipinski definition) is 4. The number of carbonyl (C=O) groups is 1. The first-order valence-electron chi connectivity index (χ1n) is 9.48. The molecule has 2 atom stereocenters. The molecule has 0 aromatic heterocycles. The van der Waals surface area contributed by atoms with Crippen molar-refractivity contribution >= 4 is 5.91 Å². The van der Waals surface area contributed by atoms with Crippen molar-refractivity contribution < 1.29 is 14.3 Å². The second-order valence-electron chi connectivity index (χ2n) is 7.51. The Balaban J connectivity index is 1.42. The van der Waals surface area contributed by atoms with Crippen LogP contribution in [0.1, 0.15) is 43.5 Å². The smallest absolute Gasteiger partial charge is 0.251 e. The molecule has 1 N–H and O–H groups in total. The van der Waals surface area contributed by atoms with E-state index in [2.05, 4.69) is 24.1 Å². The molecular formula is C20H30N2O3. The first-order chi connectivity index (χ1) is 12.1. The van der Waals surface area contributed by atoms with Crippen LogP contribution in [0.25, 0.3) is 0 Å². The number of benzene rings is 1. The second-order valence-corrected chi connectivity index (χ2v) is 7.51. The van der Waals surface area contributed by atoms with E-state index < -0.39 is 0 Å². The van der Waals surface area contributed by atoms with Gasteiger partial charge in [-0.3, -0.25) is 9.69 Å². The molecule has 0 spiro atoms. The Morgan fingerprint density at radius 2 is 2.16 bits per heavy atom. The topological polar surface area (TPSA) is 50.8 Å². The van der Waals surface area contributed by atoms with E-state index >= 15 is 0 Å². The lowest BCUT2D eigenvalue weighted by Crippen LogP contribution is -2.50. The Bertz CT molecular complexity index is 559. The van der Waals surface area contributed by atoms with Crippen LogP contribution < -0.4 is 10.1 Å². The molecule has 0 aliphatic carbocycles. The average molecular weight is 346 g/mol. The number of fused-ring (bicyclic) bond motifs is 1. The summed E-state index contributed by atoms with van der Waals surface area (Å²) in [6, 6.07) is 7.95. The molecular weight excluding hydrogens is 316 g/mol. The SMILES string of the molecule is CC(C)CCOc1ccc(C(=O)NC[C@H]2CN3CCC[C@@H]3CO2)cc1. The van der Waals surface area contributed by atoms with Gasteiger partial charge in [-0.25, -0.2) is 0 Å². The summed E-state index contributed by atoms with van der Waals surface area (Å²) in [5.41, 5.74) is 0.658. The Morgan fingerprint density at radius 3 is 2.92 bits per heavy atom. The van der Waals surface area contributed by atoms with Gasteiger partial charge in [-0.1, -0.05) is 13.8 Å². The molecule has 2 heterocycles. The summed E-state index contributed by atoms with van der Waals surface area (Å²) in [6.07, 6.45) is 3.63. The van der Waals surface area contributed by atoms with E-state index in [1.165, 1.54) is 12.8 Å². The molecule has 1 aromatic carbocycles. The fraction of sp³-hybridized carbons (Fsp3) is 0.650. The maximum atomic E-state index is 12.3. The number of nitrogens with zero attached hydrogens (tertiary/aromatic N) is 1. The molecule has 2 fully saturated rings. The molecule has 25 heavy (non-hydrogen) atoms. The minimum atomic E-state index is -0.0547. The monoisotopic (exact) mass is 346 g/mol. The van der Waals surface area contributed by atoms with Crippen molar-refractivity contribution in [2.45, 2.75) is 45.3 Å². The van der Waals surface area contributed by atoms with Crippen molar-refractivity contribution in [3.05, 3.63) is 29.8 Å². The first-order valence-corrected chi connectivity index (χ1v) is 9.48. The third kappa shape index (κ3) is 5.19. The number of rotatable bonds is 7. The third-order valence-electron chi connectivity index (χ3n) is 5.03. The minimum absolute atomic E-state index is 0.0547. The van der Waals surface area contributed by atoms with E-state index in [1.807, 2.05) is 24.3 Å². The highest BCUT2D eigenvalue weighted by Gasteiger charge is 2.32. The van der Waals surface area contributed by atoms with E-state index in [9.17, 15) is 4.79 Å². The van der Waals surface area contributed by atoms with Crippen molar-refractivity contribution in [3.63, 3.8) is 0 Å². The average Bonchev–Trinajstić information content (AvgIpc) is 3.07. The lowest BCUT2D eigenvalue weighted by molar-refractivity contribution is -0.0461. The summed E-state index contributed by atoms with van der Waals surface area (Å²) in [6.45, 7) is 8.51. The molecule has 2 saturated heterocycles. The standard InChI is InChI=1S/C20H30N2O3/c1-15(2)9-11-24-18-7-5-16(6-8-18)20(23)21-12-19-13-22-10-3-4-17(22)14-25-19/h5-8,15,17,19H,3-4,9-14H2,1-2H3,(H,21,23)/t17-,19+/m1/s1. The van der Waals surface area contributed by atoms with Crippen LogP contribution in [-0.2, 0) is 4.74 Å². The minimum Gasteiger partial charge on any atom is -0.494 e. The van der Waals surface area contributed by atoms with Gasteiger partial charge in [0.15, 0.2) is 0 Å². The van der Waals surface area contributed by atoms with Crippen molar-refractivity contribution in [1.29, 1.82) is 0 Å². The van der Waals surface area contributed by atoms with Gasteiger partial charge in [0.1, 0.15) is 5.75 Å². The Hall–Kier alpha value is -1.59. The number of amides is 1. The van der Waals surface area contributed by atoms with Crippen molar-refractivity contribution in [1.82, 2.24) is 10.2 Å². The van der Waals surface area contributed by atoms with Crippen LogP contribution in [0.4, 0.5) is 0 Å². The Morgan fingerprint density at radius 1 is 1.36 bits per heavy atom. The predicted octanol–water partition coefficient (Wildman–Crippen LogP) is 2.70. The van der Waals surface area contributed by atoms with Gasteiger partial charge in [-0.15, -0.1) is 0 Å². The van der Waals surface area contributed by atoms with Crippen molar-refractivity contribution in [2.24, 2.45) is 5.92 Å². The zero-order chi connectivity index (χ0) is 17.6. The van der Waals surface area contributed by atoms with Gasteiger partial charge in [-0.05, 0) is 56.0 Å². The van der Waals surface area contributed by atoms with Gasteiger partial charge in [0, 0.05) is 24.7 Å². The highest BCUT2D eigenvalue weighted by atomic mass is 16.5. The Kier molecular flexibility index (Phi) is 6.32. The largest absolute Gasteiger partial charge is 0.494 e. The van der Waals surface area contributed by atoms with Crippen molar-refractivity contribution in [2.75, 3.05) is 32.8 Å². The molecule has 0 radical (unpaired) electrons. The van der Waals surface area contributed by atoms with Crippen LogP contribution in [0.2, 0.25) is 0 Å². The van der Waals surface area contributed by atoms with Gasteiger partial charge in [-0.2, -0.15) is 0 Å². The van der Waals surface area contributed by atoms with E-state index in [4.69, 9.17) is 9.47 Å². The lowest BCUT2D eigenvalue weighted by atomic mass is 10.1. The van der Waals surface area contributed by atoms with Crippen LogP contribution in [0.3, 0.4) is 0 Å². The van der Waals surface area contributed by atoms with Gasteiger partial charge in [0.2, 0.25) is 0 Å². The van der Waals surface area contributed by atoms with Gasteiger partial charge < -0.3 is 14.8 Å². The van der Waals surface area contributed by atoms with Gasteiger partial charge in [0.25, 0.3) is 5.91 Å². The quantitative estimate of drug-likeness (QED) is 0.825. The summed E-state index contributed by atoms with van der Waals surface area (Å²) >= 11 is 0. The molecule has 1 aromatic rings. The number of ether oxygens (including phenoxy) is 2. The molecule has 0 unspecified atom stereocenters. The zero-order valence-electron chi connectivity index (χ0n) is 15.4. The van der Waals surface area contributed by atoms with E-state index in [1.54, 1.807) is 0 Å². The van der Waals surface area contributed by atoms with Gasteiger partial charge >= 0.3 is 0 Å². The molecule has 2 aliphatic rings. The number of hydrogen-bond donors (Lipinski definition) is 1. The lowest BCUT2D eigenvalue weighted by Gasteiger charge is -2.35. The Labute approximate surface area is 150 Å². The maximum Gasteiger partial charge on any atom is 0.251 e. The molecule has 0 bridgehead atoms. The molecule has 2 aliphatic heterocycles. The number of morpholine rings is 1. The fourth-order valence-corrected chi connectivity index (χ4v) is 3.43. The predicted molar refractivity (Wildman–Crippen MR) is 98.1 cm³/mol. The summed E-state index contributed by atoms with van der Waals surface area (Å²) in [5.74, 6) is 1.39. The summed E-state index contributed by atoms with van der Waals surface area (Å²) < 4.78 is 11.6. The second kappa shape index (κ2) is 8.68. The molecule has 5 nitrogen and oxygen atoms in total. The van der Waals surface area contributed by atoms with Crippen LogP contribution >= 0.6 is 0 Å². The summed E-state index contributed by atoms with van der Waals surface area (Å²) in [4.78, 5) is 14.8. The van der Waals surface area contributed by atoms with Crippen LogP contribution in [0.15, 0.2) is 24.3 Å².